The molecular formula is C9H19NO5S. The van der Waals surface area contributed by atoms with Crippen molar-refractivity contribution in [3.05, 3.63) is 0 Å². The predicted molar refractivity (Wildman–Crippen MR) is 59.8 cm³/mol. The maximum atomic E-state index is 11.6. The molecule has 0 aromatic heterocycles. The molecule has 0 aliphatic carbocycles. The topological polar surface area (TPSA) is 83.9 Å². The molecule has 16 heavy (non-hydrogen) atoms. The molecule has 0 saturated heterocycles. The summed E-state index contributed by atoms with van der Waals surface area (Å²) in [6, 6.07) is 0. The Kier molecular flexibility index (Phi) is 6.54. The Bertz CT molecular complexity index is 312. The molecule has 7 heteroatoms. The summed E-state index contributed by atoms with van der Waals surface area (Å²) in [6.45, 7) is 3.75. The summed E-state index contributed by atoms with van der Waals surface area (Å²) < 4.78 is 29.3. The Hall–Kier alpha value is -0.660. The first-order valence-corrected chi connectivity index (χ1v) is 6.64. The lowest BCUT2D eigenvalue weighted by Crippen LogP contribution is -2.33. The molecule has 0 spiro atoms. The van der Waals surface area contributed by atoms with Gasteiger partial charge in [0.05, 0.1) is 24.9 Å². The minimum atomic E-state index is -3.41. The predicted octanol–water partition coefficient (Wildman–Crippen LogP) is 0.148. The maximum absolute atomic E-state index is 11.6. The first kappa shape index (κ1) is 15.3. The maximum Gasteiger partial charge on any atom is 0.304 e. The minimum Gasteiger partial charge on any atom is -0.481 e. The van der Waals surface area contributed by atoms with Crippen LogP contribution in [0.1, 0.15) is 20.3 Å². The van der Waals surface area contributed by atoms with Crippen LogP contribution in [0, 0.1) is 0 Å². The zero-order valence-electron chi connectivity index (χ0n) is 9.84. The van der Waals surface area contributed by atoms with E-state index in [1.54, 1.807) is 0 Å². The number of ether oxygens (including phenoxy) is 1. The molecule has 6 nitrogen and oxygen atoms in total. The second kappa shape index (κ2) is 6.82. The molecule has 0 heterocycles. The minimum absolute atomic E-state index is 0.0143. The van der Waals surface area contributed by atoms with E-state index >= 15 is 0 Å². The van der Waals surface area contributed by atoms with Gasteiger partial charge in [-0.15, -0.1) is 0 Å². The van der Waals surface area contributed by atoms with Gasteiger partial charge < -0.3 is 9.84 Å². The number of hydrogen-bond donors (Lipinski definition) is 1. The van der Waals surface area contributed by atoms with Gasteiger partial charge in [0.1, 0.15) is 0 Å². The van der Waals surface area contributed by atoms with Gasteiger partial charge in [0.25, 0.3) is 0 Å². The van der Waals surface area contributed by atoms with Crippen LogP contribution in [0.2, 0.25) is 0 Å². The Morgan fingerprint density at radius 3 is 2.44 bits per heavy atom. The molecular weight excluding hydrogens is 234 g/mol. The van der Waals surface area contributed by atoms with Gasteiger partial charge in [-0.25, -0.2) is 12.7 Å². The van der Waals surface area contributed by atoms with Crippen molar-refractivity contribution in [3.8, 4) is 0 Å². The van der Waals surface area contributed by atoms with Crippen molar-refractivity contribution in [3.63, 3.8) is 0 Å². The summed E-state index contributed by atoms with van der Waals surface area (Å²) in [5, 5.41) is 8.43. The number of aliphatic carboxylic acids is 1. The van der Waals surface area contributed by atoms with Gasteiger partial charge >= 0.3 is 5.97 Å². The van der Waals surface area contributed by atoms with Gasteiger partial charge in [-0.3, -0.25) is 4.79 Å². The second-order valence-electron chi connectivity index (χ2n) is 3.70. The van der Waals surface area contributed by atoms with Gasteiger partial charge in [0, 0.05) is 13.6 Å². The molecule has 0 unspecified atom stereocenters. The summed E-state index contributed by atoms with van der Waals surface area (Å²) in [5.41, 5.74) is 0. The third-order valence-electron chi connectivity index (χ3n) is 1.91. The second-order valence-corrected chi connectivity index (χ2v) is 5.90. The number of sulfonamides is 1. The van der Waals surface area contributed by atoms with Crippen LogP contribution in [0.25, 0.3) is 0 Å². The van der Waals surface area contributed by atoms with E-state index in [4.69, 9.17) is 9.84 Å². The molecule has 0 bridgehead atoms. The fourth-order valence-corrected chi connectivity index (χ4v) is 1.93. The standard InChI is InChI=1S/C9H19NO5S/c1-8(2)15-6-7-16(13,14)10(3)5-4-9(11)12/h8H,4-7H2,1-3H3,(H,11,12). The first-order chi connectivity index (χ1) is 7.25. The molecule has 0 aliphatic rings. The van der Waals surface area contributed by atoms with E-state index in [1.165, 1.54) is 7.05 Å². The smallest absolute Gasteiger partial charge is 0.304 e. The lowest BCUT2D eigenvalue weighted by Gasteiger charge is -2.16. The Morgan fingerprint density at radius 1 is 1.44 bits per heavy atom. The van der Waals surface area contributed by atoms with Crippen LogP contribution in [0.15, 0.2) is 0 Å². The molecule has 0 aromatic rings. The van der Waals surface area contributed by atoms with Crippen LogP contribution < -0.4 is 0 Å². The van der Waals surface area contributed by atoms with Gasteiger partial charge in [-0.05, 0) is 13.8 Å². The third-order valence-corrected chi connectivity index (χ3v) is 3.72. The quantitative estimate of drug-likeness (QED) is 0.665. The number of carbonyl (C=O) groups is 1. The number of rotatable bonds is 8. The number of nitrogens with zero attached hydrogens (tertiary/aromatic N) is 1. The third kappa shape index (κ3) is 6.76. The van der Waals surface area contributed by atoms with Crippen LogP contribution >= 0.6 is 0 Å². The highest BCUT2D eigenvalue weighted by atomic mass is 32.2. The summed E-state index contributed by atoms with van der Waals surface area (Å²) in [7, 11) is -2.04. The SMILES string of the molecule is CC(C)OCCS(=O)(=O)N(C)CCC(=O)O. The fraction of sp³-hybridized carbons (Fsp3) is 0.889. The summed E-state index contributed by atoms with van der Waals surface area (Å²) >= 11 is 0. The normalized spacial score (nSPS) is 12.3. The van der Waals surface area contributed by atoms with Crippen molar-refractivity contribution < 1.29 is 23.1 Å². The summed E-state index contributed by atoms with van der Waals surface area (Å²) in [6.07, 6.45) is -0.208. The van der Waals surface area contributed by atoms with E-state index in [0.717, 1.165) is 4.31 Å². The fourth-order valence-electron chi connectivity index (χ4n) is 0.937. The molecule has 0 aromatic carbocycles. The van der Waals surface area contributed by atoms with Gasteiger partial charge in [-0.1, -0.05) is 0 Å². The largest absolute Gasteiger partial charge is 0.481 e. The van der Waals surface area contributed by atoms with Gasteiger partial charge in [0.15, 0.2) is 0 Å². The van der Waals surface area contributed by atoms with Crippen LogP contribution in [-0.2, 0) is 19.6 Å². The molecule has 96 valence electrons. The molecule has 1 N–H and O–H groups in total. The molecule has 0 aliphatic heterocycles. The highest BCUT2D eigenvalue weighted by Gasteiger charge is 2.18. The van der Waals surface area contributed by atoms with E-state index in [2.05, 4.69) is 0 Å². The van der Waals surface area contributed by atoms with Gasteiger partial charge in [0.2, 0.25) is 10.0 Å². The first-order valence-electron chi connectivity index (χ1n) is 5.03. The Balaban J connectivity index is 4.06. The van der Waals surface area contributed by atoms with Gasteiger partial charge in [-0.2, -0.15) is 0 Å². The lowest BCUT2D eigenvalue weighted by atomic mass is 10.4. The molecule has 0 rings (SSSR count). The van der Waals surface area contributed by atoms with E-state index in [9.17, 15) is 13.2 Å². The molecule has 0 radical (unpaired) electrons. The molecule has 0 fully saturated rings. The average molecular weight is 253 g/mol. The van der Waals surface area contributed by atoms with E-state index in [0.29, 0.717) is 0 Å². The lowest BCUT2D eigenvalue weighted by molar-refractivity contribution is -0.137. The zero-order valence-corrected chi connectivity index (χ0v) is 10.7. The molecule has 0 saturated carbocycles. The summed E-state index contributed by atoms with van der Waals surface area (Å²) in [4.78, 5) is 10.3. The Labute approximate surface area is 96.2 Å². The van der Waals surface area contributed by atoms with E-state index in [1.807, 2.05) is 13.8 Å². The van der Waals surface area contributed by atoms with Crippen molar-refractivity contribution >= 4 is 16.0 Å². The highest BCUT2D eigenvalue weighted by molar-refractivity contribution is 7.89. The van der Waals surface area contributed by atoms with Crippen molar-refractivity contribution in [2.45, 2.75) is 26.4 Å². The van der Waals surface area contributed by atoms with Crippen LogP contribution in [0.5, 0.6) is 0 Å². The number of carboxylic acid groups (broad SMARTS) is 1. The number of carboxylic acids is 1. The van der Waals surface area contributed by atoms with Crippen molar-refractivity contribution in [2.75, 3.05) is 26.0 Å². The Morgan fingerprint density at radius 2 is 2.00 bits per heavy atom. The van der Waals surface area contributed by atoms with Crippen LogP contribution in [0.4, 0.5) is 0 Å². The highest BCUT2D eigenvalue weighted by Crippen LogP contribution is 2.00. The van der Waals surface area contributed by atoms with E-state index in [-0.39, 0.29) is 31.4 Å². The zero-order chi connectivity index (χ0) is 12.8. The molecule has 0 amide bonds. The van der Waals surface area contributed by atoms with Crippen molar-refractivity contribution in [1.82, 2.24) is 4.31 Å². The van der Waals surface area contributed by atoms with Crippen molar-refractivity contribution in [2.24, 2.45) is 0 Å². The number of hydrogen-bond acceptors (Lipinski definition) is 4. The summed E-state index contributed by atoms with van der Waals surface area (Å²) in [5.74, 6) is -1.14. The van der Waals surface area contributed by atoms with Crippen molar-refractivity contribution in [1.29, 1.82) is 0 Å². The van der Waals surface area contributed by atoms with Crippen LogP contribution in [-0.4, -0.2) is 55.9 Å². The molecule has 0 atom stereocenters. The monoisotopic (exact) mass is 253 g/mol. The average Bonchev–Trinajstić information content (AvgIpc) is 2.12. The van der Waals surface area contributed by atoms with E-state index < -0.39 is 16.0 Å². The van der Waals surface area contributed by atoms with Crippen LogP contribution in [0.3, 0.4) is 0 Å².